The first-order valence-corrected chi connectivity index (χ1v) is 6.25. The summed E-state index contributed by atoms with van der Waals surface area (Å²) in [6.45, 7) is 5.84. The van der Waals surface area contributed by atoms with Crippen LogP contribution in [0.15, 0.2) is 24.3 Å². The van der Waals surface area contributed by atoms with Crippen molar-refractivity contribution in [3.63, 3.8) is 0 Å². The average Bonchev–Trinajstić information content (AvgIpc) is 2.32. The number of hydrogen-bond donors (Lipinski definition) is 0. The van der Waals surface area contributed by atoms with E-state index in [0.29, 0.717) is 5.02 Å². The molecule has 0 aliphatic rings. The molecule has 0 N–H and O–H groups in total. The molecule has 0 aliphatic carbocycles. The topological polar surface area (TPSA) is 26.3 Å². The highest BCUT2D eigenvalue weighted by Crippen LogP contribution is 2.26. The Labute approximate surface area is 113 Å². The molecule has 1 aromatic rings. The summed E-state index contributed by atoms with van der Waals surface area (Å²) in [5.41, 5.74) is 0.920. The Bertz CT molecular complexity index is 452. The third-order valence-corrected chi connectivity index (χ3v) is 2.87. The van der Waals surface area contributed by atoms with Gasteiger partial charge >= 0.3 is 5.97 Å². The SMILES string of the molecule is CC#CCOC(=O)C(c1ccc(Cl)cc1)C(C)C. The van der Waals surface area contributed by atoms with Gasteiger partial charge in [-0.05, 0) is 30.5 Å². The van der Waals surface area contributed by atoms with Crippen molar-refractivity contribution in [2.75, 3.05) is 6.61 Å². The van der Waals surface area contributed by atoms with Crippen LogP contribution in [0.25, 0.3) is 0 Å². The predicted octanol–water partition coefficient (Wildman–Crippen LogP) is 3.65. The first-order chi connectivity index (χ1) is 8.56. The van der Waals surface area contributed by atoms with Crippen LogP contribution in [0.2, 0.25) is 5.02 Å². The van der Waals surface area contributed by atoms with Gasteiger partial charge in [-0.25, -0.2) is 0 Å². The lowest BCUT2D eigenvalue weighted by molar-refractivity contribution is -0.145. The minimum Gasteiger partial charge on any atom is -0.452 e. The largest absolute Gasteiger partial charge is 0.452 e. The fraction of sp³-hybridized carbons (Fsp3) is 0.400. The molecule has 1 unspecified atom stereocenters. The molecule has 1 aromatic carbocycles. The molecule has 0 saturated carbocycles. The third kappa shape index (κ3) is 4.09. The van der Waals surface area contributed by atoms with E-state index in [1.54, 1.807) is 19.1 Å². The molecular formula is C15H17ClO2. The number of esters is 1. The van der Waals surface area contributed by atoms with Crippen LogP contribution >= 0.6 is 11.6 Å². The zero-order chi connectivity index (χ0) is 13.5. The second-order valence-electron chi connectivity index (χ2n) is 4.31. The molecule has 96 valence electrons. The molecule has 18 heavy (non-hydrogen) atoms. The number of carbonyl (C=O) groups is 1. The molecule has 1 atom stereocenters. The standard InChI is InChI=1S/C15H17ClO2/c1-4-5-10-18-15(17)14(11(2)3)12-6-8-13(16)9-7-12/h6-9,11,14H,10H2,1-3H3. The van der Waals surface area contributed by atoms with Gasteiger partial charge in [-0.1, -0.05) is 43.5 Å². The van der Waals surface area contributed by atoms with E-state index in [4.69, 9.17) is 16.3 Å². The van der Waals surface area contributed by atoms with Gasteiger partial charge in [-0.2, -0.15) is 0 Å². The van der Waals surface area contributed by atoms with Crippen molar-refractivity contribution < 1.29 is 9.53 Å². The fourth-order valence-corrected chi connectivity index (χ4v) is 1.86. The van der Waals surface area contributed by atoms with E-state index in [2.05, 4.69) is 11.8 Å². The summed E-state index contributed by atoms with van der Waals surface area (Å²) < 4.78 is 5.14. The monoisotopic (exact) mass is 264 g/mol. The maximum absolute atomic E-state index is 12.0. The number of ether oxygens (including phenoxy) is 1. The van der Waals surface area contributed by atoms with Crippen molar-refractivity contribution in [2.24, 2.45) is 5.92 Å². The van der Waals surface area contributed by atoms with Crippen molar-refractivity contribution in [3.8, 4) is 11.8 Å². The summed E-state index contributed by atoms with van der Waals surface area (Å²) in [7, 11) is 0. The quantitative estimate of drug-likeness (QED) is 0.613. The van der Waals surface area contributed by atoms with E-state index in [-0.39, 0.29) is 24.4 Å². The van der Waals surface area contributed by atoms with Crippen LogP contribution in [0.3, 0.4) is 0 Å². The summed E-state index contributed by atoms with van der Waals surface area (Å²) >= 11 is 5.84. The molecule has 3 heteroatoms. The summed E-state index contributed by atoms with van der Waals surface area (Å²) in [4.78, 5) is 12.0. The number of benzene rings is 1. The predicted molar refractivity (Wildman–Crippen MR) is 73.4 cm³/mol. The smallest absolute Gasteiger partial charge is 0.314 e. The van der Waals surface area contributed by atoms with E-state index in [1.807, 2.05) is 26.0 Å². The molecule has 0 aliphatic heterocycles. The van der Waals surface area contributed by atoms with E-state index in [1.165, 1.54) is 0 Å². The lowest BCUT2D eigenvalue weighted by atomic mass is 9.88. The maximum Gasteiger partial charge on any atom is 0.314 e. The molecule has 0 spiro atoms. The Kier molecular flexibility index (Phi) is 5.74. The van der Waals surface area contributed by atoms with Gasteiger partial charge in [0.1, 0.15) is 0 Å². The van der Waals surface area contributed by atoms with Crippen molar-refractivity contribution in [1.29, 1.82) is 0 Å². The van der Waals surface area contributed by atoms with E-state index >= 15 is 0 Å². The molecule has 0 amide bonds. The number of hydrogen-bond acceptors (Lipinski definition) is 2. The minimum atomic E-state index is -0.277. The molecule has 0 aromatic heterocycles. The summed E-state index contributed by atoms with van der Waals surface area (Å²) in [5.74, 6) is 5.06. The van der Waals surface area contributed by atoms with Gasteiger partial charge in [-0.15, -0.1) is 5.92 Å². The van der Waals surface area contributed by atoms with Crippen LogP contribution in [-0.4, -0.2) is 12.6 Å². The summed E-state index contributed by atoms with van der Waals surface area (Å²) in [6, 6.07) is 7.29. The average molecular weight is 265 g/mol. The summed E-state index contributed by atoms with van der Waals surface area (Å²) in [5, 5.41) is 0.659. The highest BCUT2D eigenvalue weighted by atomic mass is 35.5. The number of halogens is 1. The van der Waals surface area contributed by atoms with Crippen LogP contribution in [0, 0.1) is 17.8 Å². The van der Waals surface area contributed by atoms with E-state index in [9.17, 15) is 4.79 Å². The fourth-order valence-electron chi connectivity index (χ4n) is 1.73. The van der Waals surface area contributed by atoms with Crippen LogP contribution in [-0.2, 0) is 9.53 Å². The zero-order valence-corrected chi connectivity index (χ0v) is 11.6. The van der Waals surface area contributed by atoms with Crippen LogP contribution in [0.4, 0.5) is 0 Å². The normalized spacial score (nSPS) is 11.6. The first-order valence-electron chi connectivity index (χ1n) is 5.88. The van der Waals surface area contributed by atoms with Crippen LogP contribution < -0.4 is 0 Å². The molecule has 0 radical (unpaired) electrons. The highest BCUT2D eigenvalue weighted by Gasteiger charge is 2.25. The maximum atomic E-state index is 12.0. The van der Waals surface area contributed by atoms with E-state index < -0.39 is 0 Å². The Hall–Kier alpha value is -1.46. The lowest BCUT2D eigenvalue weighted by Crippen LogP contribution is -2.21. The Morgan fingerprint density at radius 3 is 2.44 bits per heavy atom. The van der Waals surface area contributed by atoms with Gasteiger partial charge in [0.2, 0.25) is 0 Å². The van der Waals surface area contributed by atoms with Gasteiger partial charge in [-0.3, -0.25) is 4.79 Å². The zero-order valence-electron chi connectivity index (χ0n) is 10.9. The van der Waals surface area contributed by atoms with E-state index in [0.717, 1.165) is 5.56 Å². The second kappa shape index (κ2) is 7.08. The van der Waals surface area contributed by atoms with Crippen molar-refractivity contribution in [1.82, 2.24) is 0 Å². The molecule has 0 fully saturated rings. The minimum absolute atomic E-state index is 0.145. The molecular weight excluding hydrogens is 248 g/mol. The molecule has 1 rings (SSSR count). The number of carbonyl (C=O) groups excluding carboxylic acids is 1. The molecule has 0 bridgehead atoms. The molecule has 0 heterocycles. The first kappa shape index (κ1) is 14.6. The van der Waals surface area contributed by atoms with Gasteiger partial charge in [0.15, 0.2) is 6.61 Å². The summed E-state index contributed by atoms with van der Waals surface area (Å²) in [6.07, 6.45) is 0. The van der Waals surface area contributed by atoms with Gasteiger partial charge in [0, 0.05) is 5.02 Å². The van der Waals surface area contributed by atoms with Crippen LogP contribution in [0.5, 0.6) is 0 Å². The molecule has 2 nitrogen and oxygen atoms in total. The number of rotatable bonds is 4. The van der Waals surface area contributed by atoms with Gasteiger partial charge < -0.3 is 4.74 Å². The van der Waals surface area contributed by atoms with Crippen molar-refractivity contribution in [3.05, 3.63) is 34.9 Å². The van der Waals surface area contributed by atoms with Gasteiger partial charge in [0.25, 0.3) is 0 Å². The third-order valence-electron chi connectivity index (χ3n) is 2.61. The van der Waals surface area contributed by atoms with Gasteiger partial charge in [0.05, 0.1) is 5.92 Å². The lowest BCUT2D eigenvalue weighted by Gasteiger charge is -2.19. The van der Waals surface area contributed by atoms with Crippen molar-refractivity contribution >= 4 is 17.6 Å². The van der Waals surface area contributed by atoms with Crippen LogP contribution in [0.1, 0.15) is 32.3 Å². The second-order valence-corrected chi connectivity index (χ2v) is 4.74. The Balaban J connectivity index is 2.84. The highest BCUT2D eigenvalue weighted by molar-refractivity contribution is 6.30. The Morgan fingerprint density at radius 1 is 1.33 bits per heavy atom. The van der Waals surface area contributed by atoms with Crippen molar-refractivity contribution in [2.45, 2.75) is 26.7 Å². The Morgan fingerprint density at radius 2 is 1.94 bits per heavy atom. The molecule has 0 saturated heterocycles.